The summed E-state index contributed by atoms with van der Waals surface area (Å²) in [5.74, 6) is -0.799. The highest BCUT2D eigenvalue weighted by Crippen LogP contribution is 2.34. The van der Waals surface area contributed by atoms with Crippen molar-refractivity contribution in [3.05, 3.63) is 52.3 Å². The molecule has 2 rings (SSSR count). The third-order valence-corrected chi connectivity index (χ3v) is 4.52. The number of benzene rings is 1. The SMILES string of the molecule is Cc1ccc(-c2c(CCC(=O)O)c(C)nc(CC(C)(C)C)c2CN)cc1.Cl.Cl. The van der Waals surface area contributed by atoms with E-state index in [1.54, 1.807) is 0 Å². The number of halogens is 2. The third kappa shape index (κ3) is 6.77. The van der Waals surface area contributed by atoms with Gasteiger partial charge in [-0.2, -0.15) is 0 Å². The maximum atomic E-state index is 11.1. The Balaban J connectivity index is 0.00000364. The first-order valence-electron chi connectivity index (χ1n) is 9.12. The number of aryl methyl sites for hydroxylation is 2. The van der Waals surface area contributed by atoms with Crippen LogP contribution < -0.4 is 5.73 Å². The second-order valence-electron chi connectivity index (χ2n) is 8.18. The fourth-order valence-electron chi connectivity index (χ4n) is 3.32. The van der Waals surface area contributed by atoms with Crippen LogP contribution in [0.5, 0.6) is 0 Å². The molecule has 0 radical (unpaired) electrons. The van der Waals surface area contributed by atoms with Gasteiger partial charge in [-0.25, -0.2) is 0 Å². The molecule has 1 aromatic carbocycles. The number of rotatable bonds is 6. The van der Waals surface area contributed by atoms with E-state index in [9.17, 15) is 4.79 Å². The third-order valence-electron chi connectivity index (χ3n) is 4.52. The molecule has 4 nitrogen and oxygen atoms in total. The molecule has 0 fully saturated rings. The highest BCUT2D eigenvalue weighted by atomic mass is 35.5. The molecular weight excluding hydrogens is 395 g/mol. The van der Waals surface area contributed by atoms with Crippen LogP contribution in [0.1, 0.15) is 55.3 Å². The molecule has 1 heterocycles. The van der Waals surface area contributed by atoms with E-state index in [0.717, 1.165) is 40.1 Å². The lowest BCUT2D eigenvalue weighted by molar-refractivity contribution is -0.136. The number of nitrogens with two attached hydrogens (primary N) is 1. The van der Waals surface area contributed by atoms with Crippen molar-refractivity contribution in [2.75, 3.05) is 0 Å². The molecule has 28 heavy (non-hydrogen) atoms. The van der Waals surface area contributed by atoms with Gasteiger partial charge in [0.05, 0.1) is 0 Å². The van der Waals surface area contributed by atoms with Crippen LogP contribution in [0.2, 0.25) is 0 Å². The van der Waals surface area contributed by atoms with Crippen molar-refractivity contribution in [3.8, 4) is 11.1 Å². The molecule has 3 N–H and O–H groups in total. The van der Waals surface area contributed by atoms with Gasteiger partial charge in [0.2, 0.25) is 0 Å². The minimum atomic E-state index is -0.799. The van der Waals surface area contributed by atoms with Crippen molar-refractivity contribution < 1.29 is 9.90 Å². The molecule has 2 aromatic rings. The fourth-order valence-corrected chi connectivity index (χ4v) is 3.32. The van der Waals surface area contributed by atoms with Gasteiger partial charge in [-0.1, -0.05) is 50.6 Å². The molecule has 0 saturated carbocycles. The summed E-state index contributed by atoms with van der Waals surface area (Å²) in [5, 5.41) is 9.15. The maximum absolute atomic E-state index is 11.1. The number of hydrogen-bond acceptors (Lipinski definition) is 3. The van der Waals surface area contributed by atoms with Crippen molar-refractivity contribution in [1.82, 2.24) is 4.98 Å². The van der Waals surface area contributed by atoms with Crippen molar-refractivity contribution in [3.63, 3.8) is 0 Å². The molecule has 0 bridgehead atoms. The van der Waals surface area contributed by atoms with Crippen molar-refractivity contribution in [1.29, 1.82) is 0 Å². The summed E-state index contributed by atoms with van der Waals surface area (Å²) in [5.41, 5.74) is 13.5. The minimum absolute atomic E-state index is 0. The van der Waals surface area contributed by atoms with Crippen LogP contribution in [0.15, 0.2) is 24.3 Å². The van der Waals surface area contributed by atoms with Crippen LogP contribution in [-0.4, -0.2) is 16.1 Å². The number of carboxylic acid groups (broad SMARTS) is 1. The number of pyridine rings is 1. The van der Waals surface area contributed by atoms with Gasteiger partial charge in [0.1, 0.15) is 0 Å². The zero-order valence-electron chi connectivity index (χ0n) is 17.3. The molecule has 0 unspecified atom stereocenters. The zero-order valence-corrected chi connectivity index (χ0v) is 19.0. The number of carbonyl (C=O) groups is 1. The Morgan fingerprint density at radius 2 is 1.64 bits per heavy atom. The number of nitrogens with zero attached hydrogens (tertiary/aromatic N) is 1. The lowest BCUT2D eigenvalue weighted by atomic mass is 9.84. The van der Waals surface area contributed by atoms with Gasteiger partial charge in [-0.05, 0) is 54.4 Å². The van der Waals surface area contributed by atoms with Gasteiger partial charge in [0.25, 0.3) is 0 Å². The van der Waals surface area contributed by atoms with Gasteiger partial charge in [0.15, 0.2) is 0 Å². The van der Waals surface area contributed by atoms with Gasteiger partial charge < -0.3 is 10.8 Å². The van der Waals surface area contributed by atoms with E-state index < -0.39 is 5.97 Å². The van der Waals surface area contributed by atoms with Crippen molar-refractivity contribution in [2.45, 2.75) is 60.4 Å². The topological polar surface area (TPSA) is 76.2 Å². The van der Waals surface area contributed by atoms with Gasteiger partial charge in [0, 0.05) is 24.4 Å². The molecule has 6 heteroatoms. The van der Waals surface area contributed by atoms with Crippen molar-refractivity contribution >= 4 is 30.8 Å². The Hall–Kier alpha value is -1.62. The standard InChI is InChI=1S/C22H30N2O2.2ClH/c1-14-6-8-16(9-7-14)21-17(10-11-20(25)26)15(2)24-19(18(21)13-23)12-22(3,4)5;;/h6-9H,10-13,23H2,1-5H3,(H,25,26);2*1H. The first-order chi connectivity index (χ1) is 12.1. The Labute approximate surface area is 180 Å². The first-order valence-corrected chi connectivity index (χ1v) is 9.12. The Bertz CT molecular complexity index is 798. The van der Waals surface area contributed by atoms with E-state index in [1.165, 1.54) is 5.56 Å². The summed E-state index contributed by atoms with van der Waals surface area (Å²) in [7, 11) is 0. The predicted octanol–water partition coefficient (Wildman–Crippen LogP) is 5.27. The van der Waals surface area contributed by atoms with Crippen molar-refractivity contribution in [2.24, 2.45) is 11.1 Å². The number of aliphatic carboxylic acids is 1. The summed E-state index contributed by atoms with van der Waals surface area (Å²) in [6.07, 6.45) is 1.38. The molecule has 0 amide bonds. The summed E-state index contributed by atoms with van der Waals surface area (Å²) in [6.45, 7) is 11.0. The second kappa shape index (κ2) is 10.8. The molecular formula is C22H32Cl2N2O2. The summed E-state index contributed by atoms with van der Waals surface area (Å²) in [6, 6.07) is 8.34. The smallest absolute Gasteiger partial charge is 0.303 e. The van der Waals surface area contributed by atoms with Gasteiger partial charge in [-0.3, -0.25) is 9.78 Å². The number of hydrogen-bond donors (Lipinski definition) is 2. The minimum Gasteiger partial charge on any atom is -0.481 e. The van der Waals surface area contributed by atoms with Crippen LogP contribution in [-0.2, 0) is 24.2 Å². The van der Waals surface area contributed by atoms with Crippen LogP contribution in [0.3, 0.4) is 0 Å². The molecule has 0 aliphatic rings. The highest BCUT2D eigenvalue weighted by molar-refractivity contribution is 5.85. The average molecular weight is 427 g/mol. The van der Waals surface area contributed by atoms with E-state index >= 15 is 0 Å². The van der Waals surface area contributed by atoms with E-state index in [4.69, 9.17) is 15.8 Å². The van der Waals surface area contributed by atoms with Crippen LogP contribution in [0.25, 0.3) is 11.1 Å². The monoisotopic (exact) mass is 426 g/mol. The predicted molar refractivity (Wildman–Crippen MR) is 121 cm³/mol. The Morgan fingerprint density at radius 3 is 2.11 bits per heavy atom. The summed E-state index contributed by atoms with van der Waals surface area (Å²) < 4.78 is 0. The molecule has 0 saturated heterocycles. The van der Waals surface area contributed by atoms with E-state index in [0.29, 0.717) is 13.0 Å². The number of carboxylic acids is 1. The fraction of sp³-hybridized carbons (Fsp3) is 0.455. The molecule has 0 aliphatic heterocycles. The van der Waals surface area contributed by atoms with E-state index in [2.05, 4.69) is 52.0 Å². The lowest BCUT2D eigenvalue weighted by Gasteiger charge is -2.24. The Morgan fingerprint density at radius 1 is 1.07 bits per heavy atom. The second-order valence-corrected chi connectivity index (χ2v) is 8.18. The van der Waals surface area contributed by atoms with Crippen LogP contribution in [0, 0.1) is 19.3 Å². The largest absolute Gasteiger partial charge is 0.481 e. The van der Waals surface area contributed by atoms with E-state index in [-0.39, 0.29) is 36.6 Å². The van der Waals surface area contributed by atoms with Gasteiger partial charge >= 0.3 is 5.97 Å². The summed E-state index contributed by atoms with van der Waals surface area (Å²) in [4.78, 5) is 16.0. The highest BCUT2D eigenvalue weighted by Gasteiger charge is 2.22. The number of aromatic nitrogens is 1. The van der Waals surface area contributed by atoms with Crippen LogP contribution in [0.4, 0.5) is 0 Å². The zero-order chi connectivity index (χ0) is 19.5. The first kappa shape index (κ1) is 26.4. The van der Waals surface area contributed by atoms with Crippen LogP contribution >= 0.6 is 24.8 Å². The van der Waals surface area contributed by atoms with E-state index in [1.807, 2.05) is 6.92 Å². The normalized spacial score (nSPS) is 10.8. The maximum Gasteiger partial charge on any atom is 0.303 e. The molecule has 0 spiro atoms. The van der Waals surface area contributed by atoms with Gasteiger partial charge in [-0.15, -0.1) is 24.8 Å². The summed E-state index contributed by atoms with van der Waals surface area (Å²) >= 11 is 0. The molecule has 0 atom stereocenters. The molecule has 1 aromatic heterocycles. The quantitative estimate of drug-likeness (QED) is 0.658. The lowest BCUT2D eigenvalue weighted by Crippen LogP contribution is -2.17. The molecule has 0 aliphatic carbocycles. The Kier molecular flexibility index (Phi) is 10.2. The average Bonchev–Trinajstić information content (AvgIpc) is 2.52. The molecule has 156 valence electrons.